The number of nitriles is 1. The molecule has 0 saturated carbocycles. The molecule has 2 aromatic carbocycles. The van der Waals surface area contributed by atoms with Gasteiger partial charge >= 0.3 is 6.09 Å². The van der Waals surface area contributed by atoms with Crippen LogP contribution in [0.3, 0.4) is 0 Å². The number of hydrogen-bond acceptors (Lipinski definition) is 7. The van der Waals surface area contributed by atoms with E-state index in [1.54, 1.807) is 6.92 Å². The van der Waals surface area contributed by atoms with Gasteiger partial charge < -0.3 is 24.7 Å². The fourth-order valence-electron chi connectivity index (χ4n) is 5.76. The number of hydrogen-bond donors (Lipinski definition) is 4. The number of aliphatic hydroxyl groups excluding tert-OH is 2. The van der Waals surface area contributed by atoms with Crippen LogP contribution in [0.5, 0.6) is 0 Å². The number of benzene rings is 2. The highest BCUT2D eigenvalue weighted by molar-refractivity contribution is 6.31. The van der Waals surface area contributed by atoms with Gasteiger partial charge in [0.25, 0.3) is 0 Å². The smallest absolute Gasteiger partial charge is 0.408 e. The summed E-state index contributed by atoms with van der Waals surface area (Å²) >= 11 is 12.2. The van der Waals surface area contributed by atoms with E-state index in [2.05, 4.69) is 16.7 Å². The third kappa shape index (κ3) is 6.66. The van der Waals surface area contributed by atoms with Crippen LogP contribution in [0.1, 0.15) is 55.3 Å². The Morgan fingerprint density at radius 3 is 2.63 bits per heavy atom. The molecule has 0 spiro atoms. The average molecular weight is 637 g/mol. The number of carbonyl (C=O) groups is 1. The first-order valence-electron chi connectivity index (χ1n) is 13.7. The number of aliphatic hydroxyl groups is 2. The van der Waals surface area contributed by atoms with Gasteiger partial charge in [0.05, 0.1) is 29.7 Å². The molecule has 1 fully saturated rings. The molecule has 1 amide bonds. The van der Waals surface area contributed by atoms with Crippen LogP contribution in [0.4, 0.5) is 13.6 Å². The molecule has 1 aliphatic rings. The maximum atomic E-state index is 15.8. The van der Waals surface area contributed by atoms with Crippen molar-refractivity contribution < 1.29 is 32.9 Å². The van der Waals surface area contributed by atoms with Crippen molar-refractivity contribution in [2.45, 2.75) is 68.7 Å². The minimum atomic E-state index is -1.84. The van der Waals surface area contributed by atoms with E-state index in [1.807, 2.05) is 26.0 Å². The van der Waals surface area contributed by atoms with Crippen LogP contribution < -0.4 is 10.6 Å². The Bertz CT molecular complexity index is 1510. The Labute approximate surface area is 258 Å². The molecule has 2 heterocycles. The highest BCUT2D eigenvalue weighted by Gasteiger charge is 2.61. The number of alkyl carbamates (subject to hydrolysis) is 1. The van der Waals surface area contributed by atoms with Crippen LogP contribution in [0, 0.1) is 29.9 Å². The molecule has 230 valence electrons. The van der Waals surface area contributed by atoms with Crippen LogP contribution in [0.2, 0.25) is 10.0 Å². The maximum absolute atomic E-state index is 15.8. The molecule has 0 bridgehead atoms. The number of ether oxygens (including phenoxy) is 1. The lowest BCUT2D eigenvalue weighted by atomic mass is 9.63. The van der Waals surface area contributed by atoms with Crippen LogP contribution >= 0.6 is 23.2 Å². The first-order valence-corrected chi connectivity index (χ1v) is 14.5. The Balaban J connectivity index is 1.87. The van der Waals surface area contributed by atoms with E-state index in [0.717, 1.165) is 6.07 Å². The topological polar surface area (TPSA) is 128 Å². The summed E-state index contributed by atoms with van der Waals surface area (Å²) in [6, 6.07) is 13.2. The number of nitrogens with zero attached hydrogens (tertiary/aromatic N) is 1. The maximum Gasteiger partial charge on any atom is 0.408 e. The minimum absolute atomic E-state index is 0.0347. The second kappa shape index (κ2) is 13.2. The molecule has 1 aliphatic heterocycles. The van der Waals surface area contributed by atoms with Crippen molar-refractivity contribution in [1.29, 1.82) is 5.26 Å². The number of carbonyl (C=O) groups excluding carboxylic acids is 1. The zero-order valence-corrected chi connectivity index (χ0v) is 25.3. The van der Waals surface area contributed by atoms with Crippen LogP contribution in [0.25, 0.3) is 0 Å². The fraction of sp³-hybridized carbons (Fsp3) is 0.419. The van der Waals surface area contributed by atoms with E-state index in [0.29, 0.717) is 11.5 Å². The number of rotatable bonds is 10. The first kappa shape index (κ1) is 32.7. The second-order valence-corrected chi connectivity index (χ2v) is 12.2. The molecule has 0 radical (unpaired) electrons. The summed E-state index contributed by atoms with van der Waals surface area (Å²) < 4.78 is 43.3. The number of halogens is 4. The van der Waals surface area contributed by atoms with Crippen molar-refractivity contribution in [1.82, 2.24) is 10.6 Å². The van der Waals surface area contributed by atoms with Gasteiger partial charge in [0, 0.05) is 28.6 Å². The summed E-state index contributed by atoms with van der Waals surface area (Å²) in [6.45, 7) is 5.08. The van der Waals surface area contributed by atoms with E-state index in [1.165, 1.54) is 30.3 Å². The van der Waals surface area contributed by atoms with Gasteiger partial charge in [0.2, 0.25) is 0 Å². The number of nitrogens with one attached hydrogen (secondary N) is 2. The van der Waals surface area contributed by atoms with E-state index >= 15 is 8.78 Å². The lowest BCUT2D eigenvalue weighted by Gasteiger charge is -2.37. The van der Waals surface area contributed by atoms with Crippen molar-refractivity contribution in [3.05, 3.63) is 92.9 Å². The number of aryl methyl sites for hydroxylation is 1. The standard InChI is InChI=1S/C31H33Cl2F2N3O5/c1-17-7-10-25(42-17)30(2,3)14-24-31(16-36,21-9-8-18(32)13-23(21)34)26(20-5-4-6-22(33)27(20)35)28(38-24)43-29(41)37-12-11-19(40)15-39/h4-10,13,19,24,26,28,38-40H,11-12,14-15H2,1-3H3,(H,37,41)/t19-,24-,26-,28+,31-/m0/s1. The lowest BCUT2D eigenvalue weighted by Crippen LogP contribution is -2.46. The third-order valence-electron chi connectivity index (χ3n) is 7.90. The Morgan fingerprint density at radius 2 is 2.00 bits per heavy atom. The molecule has 0 unspecified atom stereocenters. The molecular formula is C31H33Cl2F2N3O5. The van der Waals surface area contributed by atoms with Crippen LogP contribution in [-0.4, -0.2) is 47.8 Å². The molecule has 1 saturated heterocycles. The summed E-state index contributed by atoms with van der Waals surface area (Å²) in [5, 5.41) is 35.2. The van der Waals surface area contributed by atoms with Crippen molar-refractivity contribution in [3.63, 3.8) is 0 Å². The monoisotopic (exact) mass is 635 g/mol. The molecule has 0 aliphatic carbocycles. The van der Waals surface area contributed by atoms with Crippen molar-refractivity contribution in [3.8, 4) is 6.07 Å². The zero-order chi connectivity index (χ0) is 31.5. The van der Waals surface area contributed by atoms with Crippen LogP contribution in [0.15, 0.2) is 52.9 Å². The van der Waals surface area contributed by atoms with E-state index in [9.17, 15) is 15.2 Å². The predicted octanol–water partition coefficient (Wildman–Crippen LogP) is 5.85. The summed E-state index contributed by atoms with van der Waals surface area (Å²) in [5.41, 5.74) is -2.67. The minimum Gasteiger partial charge on any atom is -0.466 e. The van der Waals surface area contributed by atoms with Gasteiger partial charge in [0.1, 0.15) is 28.6 Å². The lowest BCUT2D eigenvalue weighted by molar-refractivity contribution is 0.0685. The molecule has 8 nitrogen and oxygen atoms in total. The second-order valence-electron chi connectivity index (χ2n) is 11.3. The number of amides is 1. The molecule has 3 aromatic rings. The Hall–Kier alpha value is -3.20. The van der Waals surface area contributed by atoms with Gasteiger partial charge in [-0.25, -0.2) is 13.6 Å². The van der Waals surface area contributed by atoms with Gasteiger partial charge in [-0.2, -0.15) is 5.26 Å². The van der Waals surface area contributed by atoms with Gasteiger partial charge in [-0.15, -0.1) is 0 Å². The Kier molecular flexibility index (Phi) is 10.0. The highest BCUT2D eigenvalue weighted by atomic mass is 35.5. The van der Waals surface area contributed by atoms with Gasteiger partial charge in [0.15, 0.2) is 6.23 Å². The summed E-state index contributed by atoms with van der Waals surface area (Å²) in [7, 11) is 0. The molecule has 12 heteroatoms. The largest absolute Gasteiger partial charge is 0.466 e. The van der Waals surface area contributed by atoms with Crippen molar-refractivity contribution >= 4 is 29.3 Å². The molecule has 4 rings (SSSR count). The van der Waals surface area contributed by atoms with E-state index < -0.39 is 59.5 Å². The van der Waals surface area contributed by atoms with E-state index in [4.69, 9.17) is 37.5 Å². The zero-order valence-electron chi connectivity index (χ0n) is 23.8. The quantitative estimate of drug-likeness (QED) is 0.220. The number of furan rings is 1. The average Bonchev–Trinajstić information content (AvgIpc) is 3.52. The van der Waals surface area contributed by atoms with Crippen molar-refractivity contribution in [2.75, 3.05) is 13.2 Å². The van der Waals surface area contributed by atoms with E-state index in [-0.39, 0.29) is 40.6 Å². The molecule has 43 heavy (non-hydrogen) atoms. The molecule has 1 aromatic heterocycles. The van der Waals surface area contributed by atoms with Gasteiger partial charge in [-0.3, -0.25) is 5.32 Å². The molecule has 4 N–H and O–H groups in total. The summed E-state index contributed by atoms with van der Waals surface area (Å²) in [6.07, 6.45) is -3.08. The normalized spacial score (nSPS) is 22.7. The highest BCUT2D eigenvalue weighted by Crippen LogP contribution is 2.53. The van der Waals surface area contributed by atoms with Gasteiger partial charge in [-0.1, -0.05) is 55.2 Å². The molecule has 5 atom stereocenters. The summed E-state index contributed by atoms with van der Waals surface area (Å²) in [5.74, 6) is -1.61. The first-order chi connectivity index (χ1) is 20.3. The van der Waals surface area contributed by atoms with Gasteiger partial charge in [-0.05, 0) is 55.7 Å². The predicted molar refractivity (Wildman–Crippen MR) is 157 cm³/mol. The van der Waals surface area contributed by atoms with Crippen molar-refractivity contribution in [2.24, 2.45) is 0 Å². The molecular weight excluding hydrogens is 603 g/mol. The SMILES string of the molecule is Cc1ccc(C(C)(C)C[C@@H]2N[C@H](OC(=O)NCC[C@H](O)CO)[C@H](c3cccc(Cl)c3F)[C@@]2(C#N)c2ccc(Cl)cc2F)o1. The third-order valence-corrected chi connectivity index (χ3v) is 8.43. The Morgan fingerprint density at radius 1 is 1.26 bits per heavy atom. The fourth-order valence-corrected chi connectivity index (χ4v) is 6.10. The summed E-state index contributed by atoms with van der Waals surface area (Å²) in [4.78, 5) is 12.9. The van der Waals surface area contributed by atoms with Crippen LogP contribution in [-0.2, 0) is 15.6 Å².